The van der Waals surface area contributed by atoms with Crippen LogP contribution in [0.2, 0.25) is 0 Å². The SMILES string of the molecule is ClC(Cl)C1OCCOCCO1. The Hall–Kier alpha value is 0.460. The second kappa shape index (κ2) is 5.17. The molecule has 1 aliphatic rings. The molecule has 0 amide bonds. The first-order valence-electron chi connectivity index (χ1n) is 3.40. The quantitative estimate of drug-likeness (QED) is 0.596. The monoisotopic (exact) mass is 200 g/mol. The highest BCUT2D eigenvalue weighted by atomic mass is 35.5. The maximum atomic E-state index is 5.56. The van der Waals surface area contributed by atoms with Crippen LogP contribution in [0.25, 0.3) is 0 Å². The average Bonchev–Trinajstić information content (AvgIpc) is 1.84. The highest BCUT2D eigenvalue weighted by Gasteiger charge is 2.19. The van der Waals surface area contributed by atoms with Crippen LogP contribution >= 0.6 is 23.2 Å². The second-order valence-electron chi connectivity index (χ2n) is 2.06. The van der Waals surface area contributed by atoms with Gasteiger partial charge in [0.15, 0.2) is 11.1 Å². The minimum atomic E-state index is -0.631. The van der Waals surface area contributed by atoms with Crippen molar-refractivity contribution in [2.45, 2.75) is 11.1 Å². The molecule has 0 saturated carbocycles. The summed E-state index contributed by atoms with van der Waals surface area (Å²) in [6, 6.07) is 0. The molecule has 1 heterocycles. The molecule has 0 atom stereocenters. The standard InChI is InChI=1S/C6H10Cl2O3/c7-5(8)6-10-3-1-9-2-4-11-6/h5-6H,1-4H2. The molecule has 1 saturated heterocycles. The Bertz CT molecular complexity index is 102. The Balaban J connectivity index is 2.26. The summed E-state index contributed by atoms with van der Waals surface area (Å²) < 4.78 is 15.3. The van der Waals surface area contributed by atoms with E-state index in [-0.39, 0.29) is 0 Å². The molecule has 11 heavy (non-hydrogen) atoms. The number of alkyl halides is 2. The van der Waals surface area contributed by atoms with Crippen molar-refractivity contribution < 1.29 is 14.2 Å². The third-order valence-corrected chi connectivity index (χ3v) is 1.64. The van der Waals surface area contributed by atoms with Crippen LogP contribution in [-0.4, -0.2) is 37.6 Å². The second-order valence-corrected chi connectivity index (χ2v) is 3.22. The summed E-state index contributed by atoms with van der Waals surface area (Å²) in [7, 11) is 0. The van der Waals surface area contributed by atoms with Crippen LogP contribution in [0.3, 0.4) is 0 Å². The predicted octanol–water partition coefficient (Wildman–Crippen LogP) is 1.18. The fraction of sp³-hybridized carbons (Fsp3) is 1.00. The molecule has 66 valence electrons. The lowest BCUT2D eigenvalue weighted by molar-refractivity contribution is -0.170. The van der Waals surface area contributed by atoms with E-state index in [9.17, 15) is 0 Å². The molecule has 1 aliphatic heterocycles. The maximum Gasteiger partial charge on any atom is 0.187 e. The normalized spacial score (nSPS) is 23.2. The molecule has 0 spiro atoms. The van der Waals surface area contributed by atoms with Gasteiger partial charge in [-0.15, -0.1) is 0 Å². The minimum Gasteiger partial charge on any atom is -0.377 e. The smallest absolute Gasteiger partial charge is 0.187 e. The van der Waals surface area contributed by atoms with Gasteiger partial charge >= 0.3 is 0 Å². The van der Waals surface area contributed by atoms with E-state index in [1.807, 2.05) is 0 Å². The maximum absolute atomic E-state index is 5.56. The van der Waals surface area contributed by atoms with Crippen molar-refractivity contribution >= 4 is 23.2 Å². The Labute approximate surface area is 75.5 Å². The van der Waals surface area contributed by atoms with Crippen molar-refractivity contribution in [2.75, 3.05) is 26.4 Å². The number of hydrogen-bond acceptors (Lipinski definition) is 3. The van der Waals surface area contributed by atoms with Gasteiger partial charge in [0, 0.05) is 0 Å². The minimum absolute atomic E-state index is 0.473. The molecule has 0 unspecified atom stereocenters. The summed E-state index contributed by atoms with van der Waals surface area (Å²) in [6.07, 6.45) is -0.512. The third kappa shape index (κ3) is 3.58. The van der Waals surface area contributed by atoms with Crippen LogP contribution in [-0.2, 0) is 14.2 Å². The number of hydrogen-bond donors (Lipinski definition) is 0. The summed E-state index contributed by atoms with van der Waals surface area (Å²) in [5, 5.41) is 0. The van der Waals surface area contributed by atoms with E-state index >= 15 is 0 Å². The van der Waals surface area contributed by atoms with Gasteiger partial charge in [-0.2, -0.15) is 0 Å². The fourth-order valence-corrected chi connectivity index (χ4v) is 1.03. The molecule has 0 aromatic rings. The largest absolute Gasteiger partial charge is 0.377 e. The first-order valence-corrected chi connectivity index (χ1v) is 4.27. The Kier molecular flexibility index (Phi) is 4.48. The van der Waals surface area contributed by atoms with Crippen LogP contribution in [0.5, 0.6) is 0 Å². The molecular weight excluding hydrogens is 191 g/mol. The van der Waals surface area contributed by atoms with Crippen molar-refractivity contribution in [3.63, 3.8) is 0 Å². The summed E-state index contributed by atoms with van der Waals surface area (Å²) in [5.41, 5.74) is 0. The zero-order valence-corrected chi connectivity index (χ0v) is 7.48. The van der Waals surface area contributed by atoms with Crippen LogP contribution < -0.4 is 0 Å². The highest BCUT2D eigenvalue weighted by Crippen LogP contribution is 2.13. The molecule has 1 rings (SSSR count). The molecule has 1 fully saturated rings. The summed E-state index contributed by atoms with van der Waals surface area (Å²) in [6.45, 7) is 2.09. The molecule has 0 aliphatic carbocycles. The van der Waals surface area contributed by atoms with E-state index in [0.717, 1.165) is 0 Å². The van der Waals surface area contributed by atoms with E-state index in [0.29, 0.717) is 26.4 Å². The fourth-order valence-electron chi connectivity index (χ4n) is 0.742. The number of ether oxygens (including phenoxy) is 3. The molecule has 3 nitrogen and oxygen atoms in total. The zero-order chi connectivity index (χ0) is 8.10. The van der Waals surface area contributed by atoms with E-state index in [1.165, 1.54) is 0 Å². The number of halogens is 2. The average molecular weight is 201 g/mol. The molecule has 0 aromatic carbocycles. The van der Waals surface area contributed by atoms with Gasteiger partial charge in [0.1, 0.15) is 0 Å². The predicted molar refractivity (Wildman–Crippen MR) is 42.0 cm³/mol. The summed E-state index contributed by atoms with van der Waals surface area (Å²) >= 11 is 11.1. The lowest BCUT2D eigenvalue weighted by atomic mass is 10.6. The van der Waals surface area contributed by atoms with Crippen molar-refractivity contribution in [2.24, 2.45) is 0 Å². The summed E-state index contributed by atoms with van der Waals surface area (Å²) in [4.78, 5) is -0.631. The molecular formula is C6H10Cl2O3. The van der Waals surface area contributed by atoms with Crippen molar-refractivity contribution in [3.05, 3.63) is 0 Å². The number of rotatable bonds is 1. The highest BCUT2D eigenvalue weighted by molar-refractivity contribution is 6.44. The Morgan fingerprint density at radius 2 is 1.55 bits per heavy atom. The van der Waals surface area contributed by atoms with Gasteiger partial charge in [-0.3, -0.25) is 0 Å². The topological polar surface area (TPSA) is 27.7 Å². The molecule has 0 aromatic heterocycles. The lowest BCUT2D eigenvalue weighted by Gasteiger charge is -2.21. The van der Waals surface area contributed by atoms with Gasteiger partial charge in [0.05, 0.1) is 26.4 Å². The van der Waals surface area contributed by atoms with Gasteiger partial charge < -0.3 is 14.2 Å². The van der Waals surface area contributed by atoms with Crippen molar-refractivity contribution in [3.8, 4) is 0 Å². The van der Waals surface area contributed by atoms with Gasteiger partial charge in [0.25, 0.3) is 0 Å². The van der Waals surface area contributed by atoms with Gasteiger partial charge in [0.2, 0.25) is 0 Å². The lowest BCUT2D eigenvalue weighted by Crippen LogP contribution is -2.30. The molecule has 0 radical (unpaired) electrons. The van der Waals surface area contributed by atoms with Crippen LogP contribution in [0.4, 0.5) is 0 Å². The summed E-state index contributed by atoms with van der Waals surface area (Å²) in [5.74, 6) is 0. The third-order valence-electron chi connectivity index (χ3n) is 1.23. The first kappa shape index (κ1) is 9.55. The van der Waals surface area contributed by atoms with Crippen LogP contribution in [0.1, 0.15) is 0 Å². The zero-order valence-electron chi connectivity index (χ0n) is 5.96. The Morgan fingerprint density at radius 1 is 1.00 bits per heavy atom. The van der Waals surface area contributed by atoms with E-state index in [4.69, 9.17) is 37.4 Å². The van der Waals surface area contributed by atoms with Crippen molar-refractivity contribution in [1.29, 1.82) is 0 Å². The van der Waals surface area contributed by atoms with Crippen molar-refractivity contribution in [1.82, 2.24) is 0 Å². The first-order chi connectivity index (χ1) is 5.30. The van der Waals surface area contributed by atoms with Crippen LogP contribution in [0.15, 0.2) is 0 Å². The van der Waals surface area contributed by atoms with Gasteiger partial charge in [-0.25, -0.2) is 0 Å². The van der Waals surface area contributed by atoms with Gasteiger partial charge in [-0.1, -0.05) is 23.2 Å². The van der Waals surface area contributed by atoms with Crippen LogP contribution in [0, 0.1) is 0 Å². The molecule has 0 bridgehead atoms. The molecule has 5 heteroatoms. The Morgan fingerprint density at radius 3 is 2.00 bits per heavy atom. The van der Waals surface area contributed by atoms with Gasteiger partial charge in [-0.05, 0) is 0 Å². The van der Waals surface area contributed by atoms with E-state index in [1.54, 1.807) is 0 Å². The molecule has 0 N–H and O–H groups in total. The van der Waals surface area contributed by atoms with E-state index < -0.39 is 11.1 Å². The van der Waals surface area contributed by atoms with E-state index in [2.05, 4.69) is 0 Å².